The van der Waals surface area contributed by atoms with Gasteiger partial charge in [0.1, 0.15) is 0 Å². The highest BCUT2D eigenvalue weighted by Gasteiger charge is 2.33. The molecule has 0 amide bonds. The summed E-state index contributed by atoms with van der Waals surface area (Å²) in [6.07, 6.45) is 19.9. The van der Waals surface area contributed by atoms with E-state index in [0.717, 1.165) is 35.5 Å². The topological polar surface area (TPSA) is 31.5 Å². The first-order valence-electron chi connectivity index (χ1n) is 12.1. The second-order valence-electron chi connectivity index (χ2n) is 9.42. The summed E-state index contributed by atoms with van der Waals surface area (Å²) in [5.74, 6) is 6.48. The van der Waals surface area contributed by atoms with E-state index in [1.165, 1.54) is 32.1 Å². The summed E-state index contributed by atoms with van der Waals surface area (Å²) < 4.78 is 0. The summed E-state index contributed by atoms with van der Waals surface area (Å²) in [5.41, 5.74) is 0. The van der Waals surface area contributed by atoms with Gasteiger partial charge in [0.2, 0.25) is 0 Å². The molecule has 158 valence electrons. The molecule has 2 N–H and O–H groups in total. The van der Waals surface area contributed by atoms with E-state index in [-0.39, 0.29) is 5.48 Å². The summed E-state index contributed by atoms with van der Waals surface area (Å²) in [4.78, 5) is 0. The molecule has 0 heterocycles. The van der Waals surface area contributed by atoms with Crippen LogP contribution in [-0.4, -0.2) is 5.48 Å². The first-order chi connectivity index (χ1) is 12.1. The van der Waals surface area contributed by atoms with Crippen molar-refractivity contribution in [1.82, 2.24) is 0 Å². The largest absolute Gasteiger partial charge is 0.412 e. The molecule has 0 aromatic rings. The molecule has 0 unspecified atom stereocenters. The summed E-state index contributed by atoms with van der Waals surface area (Å²) in [5, 5.41) is 0. The van der Waals surface area contributed by atoms with Crippen LogP contribution in [0.2, 0.25) is 0 Å². The molecule has 1 nitrogen and oxygen atoms in total. The van der Waals surface area contributed by atoms with E-state index >= 15 is 0 Å². The predicted molar refractivity (Wildman–Crippen MR) is 119 cm³/mol. The van der Waals surface area contributed by atoms with Gasteiger partial charge in [-0.3, -0.25) is 0 Å². The van der Waals surface area contributed by atoms with Gasteiger partial charge in [-0.15, -0.1) is 0 Å². The highest BCUT2D eigenvalue weighted by Crippen LogP contribution is 2.45. The second-order valence-corrected chi connectivity index (χ2v) is 9.42. The van der Waals surface area contributed by atoms with Crippen LogP contribution in [0.5, 0.6) is 0 Å². The average molecular weight is 369 g/mol. The van der Waals surface area contributed by atoms with Gasteiger partial charge < -0.3 is 5.48 Å². The molecule has 26 heavy (non-hydrogen) atoms. The van der Waals surface area contributed by atoms with E-state index in [1.807, 2.05) is 13.8 Å². The van der Waals surface area contributed by atoms with E-state index in [9.17, 15) is 0 Å². The summed E-state index contributed by atoms with van der Waals surface area (Å²) in [6, 6.07) is 0. The van der Waals surface area contributed by atoms with Crippen LogP contribution in [0.1, 0.15) is 125 Å². The Morgan fingerprint density at radius 3 is 0.808 bits per heavy atom. The Kier molecular flexibility index (Phi) is 14.9. The van der Waals surface area contributed by atoms with Gasteiger partial charge in [0.15, 0.2) is 0 Å². The van der Waals surface area contributed by atoms with Crippen LogP contribution in [0.15, 0.2) is 0 Å². The Balaban J connectivity index is 0.000000949. The van der Waals surface area contributed by atoms with Crippen molar-refractivity contribution < 1.29 is 5.48 Å². The van der Waals surface area contributed by atoms with Crippen molar-refractivity contribution >= 4 is 0 Å². The molecule has 3 aliphatic carbocycles. The van der Waals surface area contributed by atoms with Gasteiger partial charge in [-0.1, -0.05) is 73.6 Å². The van der Waals surface area contributed by atoms with Crippen LogP contribution >= 0.6 is 0 Å². The lowest BCUT2D eigenvalue weighted by molar-refractivity contribution is 0.108. The standard InChI is InChI=1S/C20H36.C3H8.C2H6.H2O/c1-15-3-7-17(8-4-15)19-11-13-20(14-12-19)18-9-5-16(2)6-10-18;1-3-2;1-2;/h15-20H,3-14H2,1-2H3;3H2,1-2H3;1-2H3;1H2. The maximum absolute atomic E-state index is 2.46. The molecule has 0 radical (unpaired) electrons. The van der Waals surface area contributed by atoms with Crippen LogP contribution < -0.4 is 0 Å². The van der Waals surface area contributed by atoms with Gasteiger partial charge in [0.25, 0.3) is 0 Å². The normalized spacial score (nSPS) is 37.2. The Morgan fingerprint density at radius 2 is 0.615 bits per heavy atom. The second kappa shape index (κ2) is 14.9. The zero-order valence-electron chi connectivity index (χ0n) is 19.2. The van der Waals surface area contributed by atoms with Gasteiger partial charge in [-0.2, -0.15) is 0 Å². The number of rotatable bonds is 2. The van der Waals surface area contributed by atoms with Crippen LogP contribution in [0.25, 0.3) is 0 Å². The minimum atomic E-state index is 0. The van der Waals surface area contributed by atoms with Gasteiger partial charge in [-0.25, -0.2) is 0 Å². The molecule has 1 heteroatoms. The van der Waals surface area contributed by atoms with Crippen molar-refractivity contribution in [3.63, 3.8) is 0 Å². The third-order valence-electron chi connectivity index (χ3n) is 7.27. The van der Waals surface area contributed by atoms with Gasteiger partial charge in [0, 0.05) is 0 Å². The molecule has 0 aliphatic heterocycles. The van der Waals surface area contributed by atoms with Gasteiger partial charge >= 0.3 is 0 Å². The Morgan fingerprint density at radius 1 is 0.462 bits per heavy atom. The lowest BCUT2D eigenvalue weighted by atomic mass is 9.65. The first-order valence-corrected chi connectivity index (χ1v) is 12.1. The summed E-state index contributed by atoms with van der Waals surface area (Å²) >= 11 is 0. The van der Waals surface area contributed by atoms with Crippen molar-refractivity contribution in [2.45, 2.75) is 125 Å². The summed E-state index contributed by atoms with van der Waals surface area (Å²) in [6.45, 7) is 13.2. The molecule has 0 bridgehead atoms. The number of hydrogen-bond donors (Lipinski definition) is 0. The maximum Gasteiger partial charge on any atom is -0.0386 e. The SMILES string of the molecule is CC.CC1CCC(C2CCC(C3CCC(C)CC3)CC2)CC1.CCC.O. The van der Waals surface area contributed by atoms with Crippen molar-refractivity contribution in [3.8, 4) is 0 Å². The summed E-state index contributed by atoms with van der Waals surface area (Å²) in [7, 11) is 0. The molecule has 0 aromatic carbocycles. The maximum atomic E-state index is 2.46. The van der Waals surface area contributed by atoms with Crippen LogP contribution in [-0.2, 0) is 0 Å². The Bertz CT molecular complexity index is 259. The van der Waals surface area contributed by atoms with Crippen LogP contribution in [0.3, 0.4) is 0 Å². The fourth-order valence-corrected chi connectivity index (χ4v) is 5.60. The lowest BCUT2D eigenvalue weighted by Gasteiger charge is -2.41. The van der Waals surface area contributed by atoms with Crippen molar-refractivity contribution in [3.05, 3.63) is 0 Å². The van der Waals surface area contributed by atoms with Crippen LogP contribution in [0, 0.1) is 35.5 Å². The van der Waals surface area contributed by atoms with E-state index in [4.69, 9.17) is 0 Å². The molecule has 0 saturated heterocycles. The highest BCUT2D eigenvalue weighted by molar-refractivity contribution is 4.85. The lowest BCUT2D eigenvalue weighted by Crippen LogP contribution is -2.29. The molecule has 0 atom stereocenters. The van der Waals surface area contributed by atoms with Gasteiger partial charge in [0.05, 0.1) is 0 Å². The molecule has 3 rings (SSSR count). The van der Waals surface area contributed by atoms with Crippen LogP contribution in [0.4, 0.5) is 0 Å². The molecular weight excluding hydrogens is 316 g/mol. The minimum absolute atomic E-state index is 0. The zero-order chi connectivity index (χ0) is 18.7. The predicted octanol–water partition coefficient (Wildman–Crippen LogP) is 8.06. The van der Waals surface area contributed by atoms with Gasteiger partial charge in [-0.05, 0) is 86.9 Å². The minimum Gasteiger partial charge on any atom is -0.412 e. The zero-order valence-corrected chi connectivity index (χ0v) is 19.2. The van der Waals surface area contributed by atoms with E-state index in [0.29, 0.717) is 0 Å². The van der Waals surface area contributed by atoms with E-state index < -0.39 is 0 Å². The molecule has 3 fully saturated rings. The van der Waals surface area contributed by atoms with E-state index in [1.54, 1.807) is 51.4 Å². The molecular formula is C25H52O. The molecule has 0 aromatic heterocycles. The third kappa shape index (κ3) is 8.77. The average Bonchev–Trinajstić information content (AvgIpc) is 2.66. The van der Waals surface area contributed by atoms with Crippen molar-refractivity contribution in [2.75, 3.05) is 0 Å². The third-order valence-corrected chi connectivity index (χ3v) is 7.27. The van der Waals surface area contributed by atoms with Crippen molar-refractivity contribution in [2.24, 2.45) is 35.5 Å². The fraction of sp³-hybridized carbons (Fsp3) is 1.00. The number of hydrogen-bond acceptors (Lipinski definition) is 0. The Labute approximate surface area is 166 Å². The van der Waals surface area contributed by atoms with Crippen molar-refractivity contribution in [1.29, 1.82) is 0 Å². The van der Waals surface area contributed by atoms with E-state index in [2.05, 4.69) is 27.7 Å². The molecule has 3 aliphatic rings. The Hall–Kier alpha value is -0.0400. The quantitative estimate of drug-likeness (QED) is 0.472. The first kappa shape index (κ1) is 26.0. The molecule has 0 spiro atoms. The molecule has 3 saturated carbocycles. The highest BCUT2D eigenvalue weighted by atomic mass is 16.0. The monoisotopic (exact) mass is 368 g/mol. The smallest absolute Gasteiger partial charge is 0.0386 e. The fourth-order valence-electron chi connectivity index (χ4n) is 5.60.